The predicted octanol–water partition coefficient (Wildman–Crippen LogP) is 3.77. The minimum absolute atomic E-state index is 0.0652. The Labute approximate surface area is 203 Å². The Bertz CT molecular complexity index is 1590. The second kappa shape index (κ2) is 8.48. The fourth-order valence-corrected chi connectivity index (χ4v) is 5.11. The van der Waals surface area contributed by atoms with Crippen LogP contribution in [0.15, 0.2) is 78.2 Å². The number of methoxy groups -OCH3 is 1. The van der Waals surface area contributed by atoms with Crippen molar-refractivity contribution in [1.29, 1.82) is 0 Å². The van der Waals surface area contributed by atoms with Crippen LogP contribution in [0, 0.1) is 0 Å². The third-order valence-electron chi connectivity index (χ3n) is 5.75. The van der Waals surface area contributed by atoms with Gasteiger partial charge in [-0.3, -0.25) is 14.6 Å². The highest BCUT2D eigenvalue weighted by Crippen LogP contribution is 2.35. The quantitative estimate of drug-likeness (QED) is 0.276. The van der Waals surface area contributed by atoms with Crippen molar-refractivity contribution >= 4 is 45.8 Å². The van der Waals surface area contributed by atoms with Crippen LogP contribution in [0.4, 0.5) is 5.69 Å². The second-order valence-electron chi connectivity index (χ2n) is 7.90. The maximum Gasteiger partial charge on any atom is 0.247 e. The van der Waals surface area contributed by atoms with E-state index in [-0.39, 0.29) is 18.2 Å². The first-order valence-corrected chi connectivity index (χ1v) is 11.7. The molecule has 0 saturated carbocycles. The molecule has 35 heavy (non-hydrogen) atoms. The number of aromatic nitrogens is 5. The standard InChI is InChI=1S/C25H18N6O3S/c1-34-17-10-8-16(9-11-17)30-21(32)13-20(24(30)33)35-25-27-19-7-3-2-6-18(19)23-28-22(29-31(23)25)15-5-4-12-26-14-15/h2-12,14,20H,13H2,1H3. The van der Waals surface area contributed by atoms with Crippen LogP contribution in [0.25, 0.3) is 27.9 Å². The number of carbonyl (C=O) groups is 2. The number of rotatable bonds is 5. The van der Waals surface area contributed by atoms with Crippen molar-refractivity contribution < 1.29 is 14.3 Å². The van der Waals surface area contributed by atoms with E-state index in [1.807, 2.05) is 36.4 Å². The molecule has 1 atom stereocenters. The lowest BCUT2D eigenvalue weighted by Gasteiger charge is -2.15. The summed E-state index contributed by atoms with van der Waals surface area (Å²) in [6.07, 6.45) is 3.45. The van der Waals surface area contributed by atoms with Crippen molar-refractivity contribution in [2.45, 2.75) is 16.8 Å². The molecular weight excluding hydrogens is 464 g/mol. The van der Waals surface area contributed by atoms with Gasteiger partial charge in [0.25, 0.3) is 0 Å². The number of hydrogen-bond donors (Lipinski definition) is 0. The van der Waals surface area contributed by atoms with Crippen LogP contribution in [0.3, 0.4) is 0 Å². The van der Waals surface area contributed by atoms with Gasteiger partial charge in [0.1, 0.15) is 11.0 Å². The van der Waals surface area contributed by atoms with Gasteiger partial charge in [0.2, 0.25) is 11.8 Å². The average molecular weight is 483 g/mol. The van der Waals surface area contributed by atoms with E-state index in [9.17, 15) is 9.59 Å². The van der Waals surface area contributed by atoms with Crippen LogP contribution in [0.2, 0.25) is 0 Å². The molecule has 1 unspecified atom stereocenters. The molecule has 9 nitrogen and oxygen atoms in total. The van der Waals surface area contributed by atoms with E-state index < -0.39 is 5.25 Å². The Morgan fingerprint density at radius 1 is 1.00 bits per heavy atom. The molecule has 5 aromatic rings. The molecule has 0 spiro atoms. The Kier molecular flexibility index (Phi) is 5.14. The first-order valence-electron chi connectivity index (χ1n) is 10.9. The molecule has 3 aromatic heterocycles. The molecule has 4 heterocycles. The molecule has 0 radical (unpaired) electrons. The zero-order valence-corrected chi connectivity index (χ0v) is 19.3. The number of ether oxygens (including phenoxy) is 1. The van der Waals surface area contributed by atoms with E-state index in [2.05, 4.69) is 10.1 Å². The van der Waals surface area contributed by atoms with Crippen LogP contribution in [0.5, 0.6) is 5.75 Å². The van der Waals surface area contributed by atoms with Crippen LogP contribution < -0.4 is 9.64 Å². The highest BCUT2D eigenvalue weighted by Gasteiger charge is 2.41. The number of thioether (sulfide) groups is 1. The minimum atomic E-state index is -0.632. The molecule has 172 valence electrons. The van der Waals surface area contributed by atoms with Crippen molar-refractivity contribution in [3.05, 3.63) is 73.1 Å². The number of amides is 2. The SMILES string of the molecule is COc1ccc(N2C(=O)CC(Sc3nc4ccccc4c4nc(-c5cccnc5)nn34)C2=O)cc1. The molecule has 0 aliphatic carbocycles. The number of carbonyl (C=O) groups excluding carboxylic acids is 2. The number of nitrogens with zero attached hydrogens (tertiary/aromatic N) is 6. The maximum atomic E-state index is 13.3. The Morgan fingerprint density at radius 2 is 1.83 bits per heavy atom. The van der Waals surface area contributed by atoms with Crippen LogP contribution in [-0.2, 0) is 9.59 Å². The maximum absolute atomic E-state index is 13.3. The van der Waals surface area contributed by atoms with Gasteiger partial charge in [0, 0.05) is 29.8 Å². The first-order chi connectivity index (χ1) is 17.1. The molecule has 1 aliphatic rings. The van der Waals surface area contributed by atoms with Gasteiger partial charge < -0.3 is 4.74 Å². The third-order valence-corrected chi connectivity index (χ3v) is 6.88. The second-order valence-corrected chi connectivity index (χ2v) is 9.07. The number of pyridine rings is 1. The highest BCUT2D eigenvalue weighted by molar-refractivity contribution is 8.00. The summed E-state index contributed by atoms with van der Waals surface area (Å²) < 4.78 is 6.82. The Morgan fingerprint density at radius 3 is 2.60 bits per heavy atom. The lowest BCUT2D eigenvalue weighted by atomic mass is 10.2. The monoisotopic (exact) mass is 482 g/mol. The molecule has 1 saturated heterocycles. The minimum Gasteiger partial charge on any atom is -0.497 e. The summed E-state index contributed by atoms with van der Waals surface area (Å²) in [5.41, 5.74) is 2.64. The van der Waals surface area contributed by atoms with Crippen molar-refractivity contribution in [1.82, 2.24) is 24.6 Å². The van der Waals surface area contributed by atoms with Gasteiger partial charge in [-0.1, -0.05) is 23.9 Å². The van der Waals surface area contributed by atoms with E-state index >= 15 is 0 Å². The lowest BCUT2D eigenvalue weighted by molar-refractivity contribution is -0.121. The van der Waals surface area contributed by atoms with Gasteiger partial charge in [-0.15, -0.1) is 5.10 Å². The van der Waals surface area contributed by atoms with Crippen LogP contribution >= 0.6 is 11.8 Å². The largest absolute Gasteiger partial charge is 0.497 e. The van der Waals surface area contributed by atoms with E-state index in [0.717, 1.165) is 16.5 Å². The molecule has 1 fully saturated rings. The zero-order valence-electron chi connectivity index (χ0n) is 18.5. The fourth-order valence-electron chi connectivity index (χ4n) is 4.05. The predicted molar refractivity (Wildman–Crippen MR) is 131 cm³/mol. The van der Waals surface area contributed by atoms with Crippen molar-refractivity contribution in [2.75, 3.05) is 12.0 Å². The van der Waals surface area contributed by atoms with Gasteiger partial charge in [-0.25, -0.2) is 14.9 Å². The van der Waals surface area contributed by atoms with Crippen molar-refractivity contribution in [3.63, 3.8) is 0 Å². The molecule has 0 bridgehead atoms. The van der Waals surface area contributed by atoms with Gasteiger partial charge >= 0.3 is 0 Å². The summed E-state index contributed by atoms with van der Waals surface area (Å²) >= 11 is 1.22. The molecule has 2 amide bonds. The number of para-hydroxylation sites is 1. The molecule has 0 N–H and O–H groups in total. The summed E-state index contributed by atoms with van der Waals surface area (Å²) in [5.74, 6) is 0.606. The lowest BCUT2D eigenvalue weighted by Crippen LogP contribution is -2.31. The third kappa shape index (κ3) is 3.68. The number of hydrogen-bond acceptors (Lipinski definition) is 8. The number of imide groups is 1. The zero-order chi connectivity index (χ0) is 23.9. The van der Waals surface area contributed by atoms with E-state index in [4.69, 9.17) is 14.7 Å². The van der Waals surface area contributed by atoms with Gasteiger partial charge in [0.15, 0.2) is 16.6 Å². The van der Waals surface area contributed by atoms with E-state index in [1.54, 1.807) is 48.3 Å². The molecule has 6 rings (SSSR count). The summed E-state index contributed by atoms with van der Waals surface area (Å²) in [6.45, 7) is 0. The van der Waals surface area contributed by atoms with E-state index in [0.29, 0.717) is 28.1 Å². The van der Waals surface area contributed by atoms with Crippen LogP contribution in [-0.4, -0.2) is 48.7 Å². The number of benzene rings is 2. The number of fused-ring (bicyclic) bond motifs is 3. The normalized spacial score (nSPS) is 15.9. The first kappa shape index (κ1) is 21.2. The Hall–Kier alpha value is -4.31. The van der Waals surface area contributed by atoms with Gasteiger partial charge in [0.05, 0.1) is 18.3 Å². The topological polar surface area (TPSA) is 103 Å². The molecular formula is C25H18N6O3S. The summed E-state index contributed by atoms with van der Waals surface area (Å²) in [6, 6.07) is 18.2. The molecule has 1 aliphatic heterocycles. The fraction of sp³-hybridized carbons (Fsp3) is 0.120. The number of anilines is 1. The highest BCUT2D eigenvalue weighted by atomic mass is 32.2. The van der Waals surface area contributed by atoms with E-state index in [1.165, 1.54) is 16.7 Å². The van der Waals surface area contributed by atoms with Gasteiger partial charge in [-0.2, -0.15) is 4.52 Å². The summed E-state index contributed by atoms with van der Waals surface area (Å²) in [7, 11) is 1.56. The molecule has 2 aromatic carbocycles. The Balaban J connectivity index is 1.39. The summed E-state index contributed by atoms with van der Waals surface area (Å²) in [4.78, 5) is 41.0. The average Bonchev–Trinajstić information content (AvgIpc) is 3.46. The smallest absolute Gasteiger partial charge is 0.247 e. The van der Waals surface area contributed by atoms with Crippen molar-refractivity contribution in [2.24, 2.45) is 0 Å². The van der Waals surface area contributed by atoms with Crippen LogP contribution in [0.1, 0.15) is 6.42 Å². The van der Waals surface area contributed by atoms with Crippen molar-refractivity contribution in [3.8, 4) is 17.1 Å². The summed E-state index contributed by atoms with van der Waals surface area (Å²) in [5, 5.41) is 5.37. The molecule has 10 heteroatoms. The van der Waals surface area contributed by atoms with Gasteiger partial charge in [-0.05, 0) is 48.5 Å².